The molecule has 0 aromatic carbocycles. The lowest BCUT2D eigenvalue weighted by atomic mass is 10.1. The van der Waals surface area contributed by atoms with E-state index in [-0.39, 0.29) is 19.0 Å². The van der Waals surface area contributed by atoms with Gasteiger partial charge in [-0.15, -0.1) is 0 Å². The Kier molecular flexibility index (Phi) is 7.63. The van der Waals surface area contributed by atoms with Crippen LogP contribution in [-0.2, 0) is 9.53 Å². The summed E-state index contributed by atoms with van der Waals surface area (Å²) in [5.74, 6) is -0.362. The highest BCUT2D eigenvalue weighted by atomic mass is 16.5. The van der Waals surface area contributed by atoms with Crippen molar-refractivity contribution >= 4 is 5.97 Å². The molecule has 78 valence electrons. The Morgan fingerprint density at radius 2 is 2.15 bits per heavy atom. The molecule has 0 saturated heterocycles. The first kappa shape index (κ1) is 12.4. The Morgan fingerprint density at radius 1 is 1.46 bits per heavy atom. The number of unbranched alkanes of at least 4 members (excludes halogenated alkanes) is 1. The summed E-state index contributed by atoms with van der Waals surface area (Å²) >= 11 is 0. The molecular formula is C9H18O4. The molecule has 13 heavy (non-hydrogen) atoms. The van der Waals surface area contributed by atoms with E-state index in [9.17, 15) is 9.90 Å². The van der Waals surface area contributed by atoms with Gasteiger partial charge < -0.3 is 14.9 Å². The number of carbonyl (C=O) groups excluding carboxylic acids is 1. The molecule has 4 nitrogen and oxygen atoms in total. The zero-order valence-corrected chi connectivity index (χ0v) is 8.03. The van der Waals surface area contributed by atoms with E-state index in [0.29, 0.717) is 19.4 Å². The molecule has 0 heterocycles. The van der Waals surface area contributed by atoms with Gasteiger partial charge in [0.15, 0.2) is 0 Å². The first-order chi connectivity index (χ1) is 6.20. The van der Waals surface area contributed by atoms with Gasteiger partial charge in [0.05, 0.1) is 19.1 Å². The molecular weight excluding hydrogens is 172 g/mol. The molecule has 0 bridgehead atoms. The van der Waals surface area contributed by atoms with E-state index < -0.39 is 6.10 Å². The molecule has 0 aromatic rings. The highest BCUT2D eigenvalue weighted by molar-refractivity contribution is 5.69. The van der Waals surface area contributed by atoms with Crippen LogP contribution in [-0.4, -0.2) is 35.5 Å². The number of hydrogen-bond donors (Lipinski definition) is 2. The molecule has 4 heteroatoms. The van der Waals surface area contributed by atoms with Crippen LogP contribution >= 0.6 is 0 Å². The minimum absolute atomic E-state index is 0.0548. The zero-order chi connectivity index (χ0) is 10.1. The Balaban J connectivity index is 3.38. The van der Waals surface area contributed by atoms with E-state index >= 15 is 0 Å². The monoisotopic (exact) mass is 190 g/mol. The van der Waals surface area contributed by atoms with Crippen LogP contribution in [0.3, 0.4) is 0 Å². The average Bonchev–Trinajstić information content (AvgIpc) is 2.05. The molecule has 0 aliphatic rings. The van der Waals surface area contributed by atoms with Gasteiger partial charge in [-0.05, 0) is 26.2 Å². The Bertz CT molecular complexity index is 136. The van der Waals surface area contributed by atoms with Gasteiger partial charge in [0, 0.05) is 6.61 Å². The van der Waals surface area contributed by atoms with Gasteiger partial charge in [0.25, 0.3) is 0 Å². The lowest BCUT2D eigenvalue weighted by molar-refractivity contribution is -0.145. The molecule has 0 aromatic heterocycles. The number of aliphatic hydroxyl groups is 2. The second kappa shape index (κ2) is 8.01. The molecule has 0 saturated carbocycles. The summed E-state index contributed by atoms with van der Waals surface area (Å²) in [5.41, 5.74) is 0. The van der Waals surface area contributed by atoms with Gasteiger partial charge in [-0.3, -0.25) is 4.79 Å². The van der Waals surface area contributed by atoms with Gasteiger partial charge >= 0.3 is 5.97 Å². The second-order valence-electron chi connectivity index (χ2n) is 2.88. The molecule has 0 rings (SSSR count). The Morgan fingerprint density at radius 3 is 2.69 bits per heavy atom. The summed E-state index contributed by atoms with van der Waals surface area (Å²) in [6, 6.07) is 0. The zero-order valence-electron chi connectivity index (χ0n) is 8.03. The van der Waals surface area contributed by atoms with E-state index in [0.717, 1.165) is 6.42 Å². The fraction of sp³-hybridized carbons (Fsp3) is 0.889. The van der Waals surface area contributed by atoms with Crippen molar-refractivity contribution in [3.63, 3.8) is 0 Å². The third-order valence-electron chi connectivity index (χ3n) is 1.65. The van der Waals surface area contributed by atoms with E-state index in [1.54, 1.807) is 6.92 Å². The van der Waals surface area contributed by atoms with E-state index in [1.165, 1.54) is 0 Å². The van der Waals surface area contributed by atoms with Crippen molar-refractivity contribution in [1.82, 2.24) is 0 Å². The summed E-state index contributed by atoms with van der Waals surface area (Å²) < 4.78 is 4.67. The van der Waals surface area contributed by atoms with Crippen LogP contribution < -0.4 is 0 Å². The Hall–Kier alpha value is -0.610. The van der Waals surface area contributed by atoms with Crippen molar-refractivity contribution in [2.24, 2.45) is 0 Å². The predicted molar refractivity (Wildman–Crippen MR) is 48.2 cm³/mol. The maximum Gasteiger partial charge on any atom is 0.308 e. The molecule has 0 amide bonds. The molecule has 2 N–H and O–H groups in total. The molecule has 1 atom stereocenters. The lowest BCUT2D eigenvalue weighted by Gasteiger charge is -2.08. The van der Waals surface area contributed by atoms with Crippen LogP contribution in [0.2, 0.25) is 0 Å². The number of hydrogen-bond acceptors (Lipinski definition) is 4. The second-order valence-corrected chi connectivity index (χ2v) is 2.88. The number of rotatable bonds is 7. The van der Waals surface area contributed by atoms with Crippen LogP contribution in [0.15, 0.2) is 0 Å². The largest absolute Gasteiger partial charge is 0.466 e. The first-order valence-electron chi connectivity index (χ1n) is 4.65. The minimum atomic E-state index is -0.634. The average molecular weight is 190 g/mol. The maximum absolute atomic E-state index is 10.9. The highest BCUT2D eigenvalue weighted by Crippen LogP contribution is 2.04. The number of esters is 1. The highest BCUT2D eigenvalue weighted by Gasteiger charge is 2.10. The topological polar surface area (TPSA) is 66.8 Å². The first-order valence-corrected chi connectivity index (χ1v) is 4.65. The summed E-state index contributed by atoms with van der Waals surface area (Å²) in [6.45, 7) is 2.21. The van der Waals surface area contributed by atoms with Crippen LogP contribution in [0.25, 0.3) is 0 Å². The molecule has 0 spiro atoms. The van der Waals surface area contributed by atoms with E-state index in [4.69, 9.17) is 5.11 Å². The number of aliphatic hydroxyl groups excluding tert-OH is 2. The molecule has 0 radical (unpaired) electrons. The minimum Gasteiger partial charge on any atom is -0.466 e. The van der Waals surface area contributed by atoms with Gasteiger partial charge in [0.2, 0.25) is 0 Å². The normalized spacial score (nSPS) is 12.5. The van der Waals surface area contributed by atoms with Crippen LogP contribution in [0, 0.1) is 0 Å². The third kappa shape index (κ3) is 7.74. The van der Waals surface area contributed by atoms with Crippen molar-refractivity contribution in [2.45, 2.75) is 38.7 Å². The van der Waals surface area contributed by atoms with Crippen LogP contribution in [0.5, 0.6) is 0 Å². The number of carbonyl (C=O) groups is 1. The Labute approximate surface area is 78.5 Å². The van der Waals surface area contributed by atoms with Gasteiger partial charge in [-0.1, -0.05) is 0 Å². The summed E-state index contributed by atoms with van der Waals surface area (Å²) in [6.07, 6.45) is 1.36. The smallest absolute Gasteiger partial charge is 0.308 e. The van der Waals surface area contributed by atoms with E-state index in [1.807, 2.05) is 0 Å². The van der Waals surface area contributed by atoms with Crippen molar-refractivity contribution < 1.29 is 19.7 Å². The number of ether oxygens (including phenoxy) is 1. The fourth-order valence-electron chi connectivity index (χ4n) is 1.01. The van der Waals surface area contributed by atoms with Crippen LogP contribution in [0.4, 0.5) is 0 Å². The third-order valence-corrected chi connectivity index (χ3v) is 1.65. The molecule has 0 aliphatic heterocycles. The maximum atomic E-state index is 10.9. The lowest BCUT2D eigenvalue weighted by Crippen LogP contribution is -2.15. The molecule has 0 aliphatic carbocycles. The fourth-order valence-corrected chi connectivity index (χ4v) is 1.01. The van der Waals surface area contributed by atoms with Crippen molar-refractivity contribution in [1.29, 1.82) is 0 Å². The molecule has 0 fully saturated rings. The summed E-state index contributed by atoms with van der Waals surface area (Å²) in [5, 5.41) is 17.8. The van der Waals surface area contributed by atoms with Crippen molar-refractivity contribution in [3.8, 4) is 0 Å². The van der Waals surface area contributed by atoms with Crippen LogP contribution in [0.1, 0.15) is 32.6 Å². The summed E-state index contributed by atoms with van der Waals surface area (Å²) in [7, 11) is 0. The van der Waals surface area contributed by atoms with Gasteiger partial charge in [-0.2, -0.15) is 0 Å². The standard InChI is InChI=1S/C9H18O4/c1-2-13-9(12)7-8(11)5-3-4-6-10/h8,10-11H,2-7H2,1H3. The van der Waals surface area contributed by atoms with Gasteiger partial charge in [-0.25, -0.2) is 0 Å². The van der Waals surface area contributed by atoms with Crippen molar-refractivity contribution in [3.05, 3.63) is 0 Å². The summed E-state index contributed by atoms with van der Waals surface area (Å²) in [4.78, 5) is 10.9. The molecule has 1 unspecified atom stereocenters. The predicted octanol–water partition coefficient (Wildman–Crippen LogP) is 0.463. The van der Waals surface area contributed by atoms with Gasteiger partial charge in [0.1, 0.15) is 0 Å². The van der Waals surface area contributed by atoms with Crippen molar-refractivity contribution in [2.75, 3.05) is 13.2 Å². The SMILES string of the molecule is CCOC(=O)CC(O)CCCCO. The quantitative estimate of drug-likeness (QED) is 0.452. The van der Waals surface area contributed by atoms with E-state index in [2.05, 4.69) is 4.74 Å².